The number of aryl methyl sites for hydroxylation is 1. The highest BCUT2D eigenvalue weighted by atomic mass is 16.2. The molecule has 2 amide bonds. The number of likely N-dealkylation sites (tertiary alicyclic amines) is 1. The minimum Gasteiger partial charge on any atom is -0.368 e. The summed E-state index contributed by atoms with van der Waals surface area (Å²) in [6, 6.07) is 17.0. The van der Waals surface area contributed by atoms with Crippen LogP contribution in [0.4, 0.5) is 0 Å². The van der Waals surface area contributed by atoms with Gasteiger partial charge in [-0.2, -0.15) is 5.10 Å². The summed E-state index contributed by atoms with van der Waals surface area (Å²) in [6.07, 6.45) is 4.12. The molecule has 0 bridgehead atoms. The van der Waals surface area contributed by atoms with Crippen LogP contribution in [0.3, 0.4) is 0 Å². The van der Waals surface area contributed by atoms with Crippen molar-refractivity contribution in [1.82, 2.24) is 14.7 Å². The Morgan fingerprint density at radius 1 is 1.03 bits per heavy atom. The second-order valence-corrected chi connectivity index (χ2v) is 7.40. The summed E-state index contributed by atoms with van der Waals surface area (Å²) in [5.74, 6) is -0.653. The number of carbonyl (C=O) groups excluding carboxylic acids is 2. The van der Waals surface area contributed by atoms with Crippen LogP contribution in [0.15, 0.2) is 60.8 Å². The Balaban J connectivity index is 1.83. The van der Waals surface area contributed by atoms with Crippen LogP contribution >= 0.6 is 0 Å². The molecule has 0 aliphatic carbocycles. The molecule has 6 nitrogen and oxygen atoms in total. The number of hydrogen-bond acceptors (Lipinski definition) is 3. The molecule has 1 aromatic heterocycles. The number of piperidine rings is 1. The van der Waals surface area contributed by atoms with E-state index < -0.39 is 11.9 Å². The van der Waals surface area contributed by atoms with E-state index in [1.54, 1.807) is 15.8 Å². The molecule has 3 aromatic rings. The molecule has 148 valence electrons. The molecule has 6 heteroatoms. The summed E-state index contributed by atoms with van der Waals surface area (Å²) in [6.45, 7) is 2.52. The Morgan fingerprint density at radius 2 is 1.76 bits per heavy atom. The maximum atomic E-state index is 13.5. The molecule has 1 aliphatic heterocycles. The van der Waals surface area contributed by atoms with Crippen LogP contribution in [0.25, 0.3) is 16.9 Å². The number of carbonyl (C=O) groups is 2. The van der Waals surface area contributed by atoms with Crippen molar-refractivity contribution < 1.29 is 9.59 Å². The average Bonchev–Trinajstić information content (AvgIpc) is 3.19. The largest absolute Gasteiger partial charge is 0.368 e. The first-order chi connectivity index (χ1) is 14.1. The van der Waals surface area contributed by atoms with E-state index in [2.05, 4.69) is 0 Å². The van der Waals surface area contributed by atoms with Gasteiger partial charge in [-0.25, -0.2) is 4.68 Å². The first-order valence-corrected chi connectivity index (χ1v) is 9.87. The van der Waals surface area contributed by atoms with E-state index in [1.807, 2.05) is 61.5 Å². The van der Waals surface area contributed by atoms with Gasteiger partial charge in [0, 0.05) is 18.3 Å². The predicted octanol–water partition coefficient (Wildman–Crippen LogP) is 3.33. The molecule has 1 saturated heterocycles. The van der Waals surface area contributed by atoms with E-state index >= 15 is 0 Å². The Kier molecular flexibility index (Phi) is 5.16. The van der Waals surface area contributed by atoms with Gasteiger partial charge in [0.25, 0.3) is 5.91 Å². The fourth-order valence-corrected chi connectivity index (χ4v) is 3.91. The lowest BCUT2D eigenvalue weighted by atomic mass is 9.98. The monoisotopic (exact) mass is 388 g/mol. The molecule has 1 unspecified atom stereocenters. The summed E-state index contributed by atoms with van der Waals surface area (Å²) in [5.41, 5.74) is 9.49. The third-order valence-corrected chi connectivity index (χ3v) is 5.46. The first kappa shape index (κ1) is 18.9. The van der Waals surface area contributed by atoms with Crippen molar-refractivity contribution in [2.24, 2.45) is 5.73 Å². The van der Waals surface area contributed by atoms with Gasteiger partial charge >= 0.3 is 0 Å². The zero-order chi connectivity index (χ0) is 20.4. The maximum absolute atomic E-state index is 13.5. The Hall–Kier alpha value is -3.41. The van der Waals surface area contributed by atoms with Crippen LogP contribution in [-0.4, -0.2) is 39.1 Å². The van der Waals surface area contributed by atoms with Crippen LogP contribution in [-0.2, 0) is 4.79 Å². The smallest absolute Gasteiger partial charge is 0.258 e. The Morgan fingerprint density at radius 3 is 2.48 bits per heavy atom. The number of aromatic nitrogens is 2. The Bertz CT molecular complexity index is 1040. The van der Waals surface area contributed by atoms with E-state index in [-0.39, 0.29) is 5.91 Å². The van der Waals surface area contributed by atoms with E-state index in [1.165, 1.54) is 0 Å². The quantitative estimate of drug-likeness (QED) is 0.744. The van der Waals surface area contributed by atoms with Gasteiger partial charge in [0.1, 0.15) is 11.7 Å². The van der Waals surface area contributed by atoms with Gasteiger partial charge in [0.2, 0.25) is 5.91 Å². The van der Waals surface area contributed by atoms with Gasteiger partial charge in [0.05, 0.1) is 11.3 Å². The van der Waals surface area contributed by atoms with Crippen molar-refractivity contribution in [1.29, 1.82) is 0 Å². The molecule has 2 heterocycles. The number of primary amides is 1. The van der Waals surface area contributed by atoms with Gasteiger partial charge in [0.15, 0.2) is 0 Å². The molecule has 0 saturated carbocycles. The standard InChI is InChI=1S/C23H24N4O2/c1-16-9-5-6-12-18(16)21-19(15-27(25-21)17-10-3-2-4-11-17)23(29)26-14-8-7-13-20(26)22(24)28/h2-6,9-12,15,20H,7-8,13-14H2,1H3,(H2,24,28). The number of para-hydroxylation sites is 1. The number of nitrogens with two attached hydrogens (primary N) is 1. The SMILES string of the molecule is Cc1ccccc1-c1nn(-c2ccccc2)cc1C(=O)N1CCCCC1C(N)=O. The summed E-state index contributed by atoms with van der Waals surface area (Å²) in [4.78, 5) is 27.1. The normalized spacial score (nSPS) is 16.6. The van der Waals surface area contributed by atoms with E-state index in [0.717, 1.165) is 29.7 Å². The third-order valence-electron chi connectivity index (χ3n) is 5.46. The van der Waals surface area contributed by atoms with Crippen LogP contribution in [0.2, 0.25) is 0 Å². The van der Waals surface area contributed by atoms with Gasteiger partial charge < -0.3 is 10.6 Å². The lowest BCUT2D eigenvalue weighted by molar-refractivity contribution is -0.123. The number of benzene rings is 2. The highest BCUT2D eigenvalue weighted by molar-refractivity contribution is 6.02. The van der Waals surface area contributed by atoms with Crippen molar-refractivity contribution in [3.63, 3.8) is 0 Å². The highest BCUT2D eigenvalue weighted by Gasteiger charge is 2.33. The minimum absolute atomic E-state index is 0.200. The van der Waals surface area contributed by atoms with Crippen molar-refractivity contribution in [2.45, 2.75) is 32.2 Å². The zero-order valence-electron chi connectivity index (χ0n) is 16.4. The third kappa shape index (κ3) is 3.66. The number of hydrogen-bond donors (Lipinski definition) is 1. The molecule has 1 aliphatic rings. The minimum atomic E-state index is -0.568. The molecule has 1 atom stereocenters. The molecule has 2 aromatic carbocycles. The summed E-state index contributed by atoms with van der Waals surface area (Å²) in [7, 11) is 0. The van der Waals surface area contributed by atoms with Crippen LogP contribution < -0.4 is 5.73 Å². The summed E-state index contributed by atoms with van der Waals surface area (Å²) in [5, 5.41) is 4.75. The van der Waals surface area contributed by atoms with Crippen LogP contribution in [0.5, 0.6) is 0 Å². The van der Waals surface area contributed by atoms with Crippen LogP contribution in [0, 0.1) is 6.92 Å². The lowest BCUT2D eigenvalue weighted by Crippen LogP contribution is -2.50. The fourth-order valence-electron chi connectivity index (χ4n) is 3.91. The molecule has 1 fully saturated rings. The molecular formula is C23H24N4O2. The second kappa shape index (κ2) is 7.91. The molecule has 0 spiro atoms. The van der Waals surface area contributed by atoms with Crippen molar-refractivity contribution in [2.75, 3.05) is 6.54 Å². The summed E-state index contributed by atoms with van der Waals surface area (Å²) < 4.78 is 1.72. The van der Waals surface area contributed by atoms with Gasteiger partial charge in [-0.05, 0) is 43.9 Å². The average molecular weight is 388 g/mol. The van der Waals surface area contributed by atoms with E-state index in [0.29, 0.717) is 24.2 Å². The zero-order valence-corrected chi connectivity index (χ0v) is 16.4. The van der Waals surface area contributed by atoms with Gasteiger partial charge in [-0.15, -0.1) is 0 Å². The summed E-state index contributed by atoms with van der Waals surface area (Å²) >= 11 is 0. The van der Waals surface area contributed by atoms with Crippen molar-refractivity contribution in [3.05, 3.63) is 71.9 Å². The maximum Gasteiger partial charge on any atom is 0.258 e. The molecule has 4 rings (SSSR count). The van der Waals surface area contributed by atoms with Gasteiger partial charge in [-0.3, -0.25) is 9.59 Å². The van der Waals surface area contributed by atoms with Crippen molar-refractivity contribution >= 4 is 11.8 Å². The number of rotatable bonds is 4. The lowest BCUT2D eigenvalue weighted by Gasteiger charge is -2.33. The highest BCUT2D eigenvalue weighted by Crippen LogP contribution is 2.29. The Labute approximate surface area is 169 Å². The van der Waals surface area contributed by atoms with E-state index in [9.17, 15) is 9.59 Å². The fraction of sp³-hybridized carbons (Fsp3) is 0.261. The number of amides is 2. The molecule has 0 radical (unpaired) electrons. The van der Waals surface area contributed by atoms with E-state index in [4.69, 9.17) is 10.8 Å². The predicted molar refractivity (Wildman–Crippen MR) is 112 cm³/mol. The van der Waals surface area contributed by atoms with Crippen molar-refractivity contribution in [3.8, 4) is 16.9 Å². The molecule has 29 heavy (non-hydrogen) atoms. The second-order valence-electron chi connectivity index (χ2n) is 7.40. The van der Waals surface area contributed by atoms with Crippen LogP contribution in [0.1, 0.15) is 35.2 Å². The number of nitrogens with zero attached hydrogens (tertiary/aromatic N) is 3. The van der Waals surface area contributed by atoms with Gasteiger partial charge in [-0.1, -0.05) is 42.5 Å². The first-order valence-electron chi connectivity index (χ1n) is 9.87. The molecule has 2 N–H and O–H groups in total. The topological polar surface area (TPSA) is 81.2 Å². The molecular weight excluding hydrogens is 364 g/mol.